The van der Waals surface area contributed by atoms with E-state index in [9.17, 15) is 17.8 Å². The fourth-order valence-corrected chi connectivity index (χ4v) is 7.92. The largest absolute Gasteiger partial charge is 0.330 e. The maximum Gasteiger partial charge on any atom is 0.330 e. The molecule has 0 spiro atoms. The molecular weight excluding hydrogens is 511 g/mol. The molecule has 1 aromatic heterocycles. The zero-order valence-electron chi connectivity index (χ0n) is 21.8. The summed E-state index contributed by atoms with van der Waals surface area (Å²) in [4.78, 5) is 18.4. The van der Waals surface area contributed by atoms with E-state index >= 15 is 0 Å². The Kier molecular flexibility index (Phi) is 8.58. The van der Waals surface area contributed by atoms with Crippen LogP contribution in [0.2, 0.25) is 0 Å². The summed E-state index contributed by atoms with van der Waals surface area (Å²) in [5, 5.41) is 3.01. The van der Waals surface area contributed by atoms with Gasteiger partial charge < -0.3 is 14.4 Å². The van der Waals surface area contributed by atoms with Crippen molar-refractivity contribution in [2.24, 2.45) is 11.8 Å². The van der Waals surface area contributed by atoms with E-state index in [-0.39, 0.29) is 22.9 Å². The molecule has 0 aliphatic heterocycles. The summed E-state index contributed by atoms with van der Waals surface area (Å²) in [6.45, 7) is 4.21. The number of benzene rings is 1. The van der Waals surface area contributed by atoms with Crippen molar-refractivity contribution in [1.29, 1.82) is 0 Å². The van der Waals surface area contributed by atoms with Gasteiger partial charge >= 0.3 is 7.60 Å². The van der Waals surface area contributed by atoms with E-state index in [1.54, 1.807) is 50.4 Å². The van der Waals surface area contributed by atoms with Gasteiger partial charge in [0.05, 0.1) is 29.7 Å². The molecule has 4 rings (SSSR count). The summed E-state index contributed by atoms with van der Waals surface area (Å²) >= 11 is 0. The second-order valence-corrected chi connectivity index (χ2v) is 14.3. The molecule has 202 valence electrons. The van der Waals surface area contributed by atoms with Crippen LogP contribution in [0.25, 0.3) is 0 Å². The lowest BCUT2D eigenvalue weighted by atomic mass is 9.86. The van der Waals surface area contributed by atoms with Crippen molar-refractivity contribution in [2.75, 3.05) is 30.9 Å². The van der Waals surface area contributed by atoms with Gasteiger partial charge in [0, 0.05) is 12.5 Å². The lowest BCUT2D eigenvalue weighted by Crippen LogP contribution is -2.31. The first-order chi connectivity index (χ1) is 17.6. The van der Waals surface area contributed by atoms with Crippen LogP contribution in [-0.4, -0.2) is 44.9 Å². The summed E-state index contributed by atoms with van der Waals surface area (Å²) in [5.41, 5.74) is 1.06. The molecule has 2 aromatic rings. The van der Waals surface area contributed by atoms with Crippen LogP contribution < -0.4 is 5.32 Å². The van der Waals surface area contributed by atoms with Gasteiger partial charge in [-0.05, 0) is 67.9 Å². The molecule has 0 radical (unpaired) electrons. The second kappa shape index (κ2) is 11.4. The second-order valence-electron chi connectivity index (χ2n) is 10.0. The number of rotatable bonds is 12. The summed E-state index contributed by atoms with van der Waals surface area (Å²) in [5.74, 6) is 1.09. The van der Waals surface area contributed by atoms with Crippen LogP contribution in [-0.2, 0) is 40.1 Å². The van der Waals surface area contributed by atoms with E-state index in [2.05, 4.69) is 10.3 Å². The average molecular weight is 549 g/mol. The molecular formula is C27H37N2O6PS. The van der Waals surface area contributed by atoms with Crippen molar-refractivity contribution in [3.05, 3.63) is 53.7 Å². The Labute approximate surface area is 220 Å². The van der Waals surface area contributed by atoms with Crippen molar-refractivity contribution in [3.63, 3.8) is 0 Å². The summed E-state index contributed by atoms with van der Waals surface area (Å²) < 4.78 is 47.3. The highest BCUT2D eigenvalue weighted by atomic mass is 32.2. The zero-order chi connectivity index (χ0) is 26.7. The van der Waals surface area contributed by atoms with Crippen molar-refractivity contribution in [1.82, 2.24) is 4.98 Å². The maximum atomic E-state index is 13.7. The van der Waals surface area contributed by atoms with Gasteiger partial charge in [-0.1, -0.05) is 43.9 Å². The van der Waals surface area contributed by atoms with Crippen LogP contribution in [0.15, 0.2) is 47.5 Å². The fraction of sp³-hybridized carbons (Fsp3) is 0.556. The van der Waals surface area contributed by atoms with E-state index in [0.717, 1.165) is 30.4 Å². The molecule has 2 aliphatic rings. The number of sulfone groups is 1. The zero-order valence-corrected chi connectivity index (χ0v) is 23.5. The number of pyridine rings is 1. The quantitative estimate of drug-likeness (QED) is 0.355. The summed E-state index contributed by atoms with van der Waals surface area (Å²) in [7, 11) is -6.45. The predicted octanol–water partition coefficient (Wildman–Crippen LogP) is 5.38. The molecule has 2 aliphatic carbocycles. The lowest BCUT2D eigenvalue weighted by molar-refractivity contribution is -0.119. The average Bonchev–Trinajstić information content (AvgIpc) is 3.39. The molecule has 10 heteroatoms. The van der Waals surface area contributed by atoms with Crippen LogP contribution in [0.1, 0.15) is 57.1 Å². The molecule has 1 N–H and O–H groups in total. The van der Waals surface area contributed by atoms with Crippen molar-refractivity contribution < 1.29 is 26.8 Å². The molecule has 37 heavy (non-hydrogen) atoms. The SMILES string of the molecule is CCOP(=O)(CCc1ccc(NC(=O)C2(c3ccc(S(C)(=O)=O)cc3)CC2C2CCCC2)nc1)OCC. The molecule has 8 nitrogen and oxygen atoms in total. The first kappa shape index (κ1) is 28.0. The molecule has 0 bridgehead atoms. The molecule has 1 amide bonds. The first-order valence-corrected chi connectivity index (χ1v) is 16.7. The van der Waals surface area contributed by atoms with Crippen LogP contribution in [0.5, 0.6) is 0 Å². The highest BCUT2D eigenvalue weighted by Crippen LogP contribution is 2.61. The van der Waals surface area contributed by atoms with Crippen LogP contribution in [0.4, 0.5) is 5.82 Å². The van der Waals surface area contributed by atoms with E-state index in [0.29, 0.717) is 31.4 Å². The van der Waals surface area contributed by atoms with Crippen molar-refractivity contribution in [2.45, 2.75) is 62.7 Å². The number of hydrogen-bond acceptors (Lipinski definition) is 7. The molecule has 2 fully saturated rings. The minimum atomic E-state index is -3.31. The van der Waals surface area contributed by atoms with Gasteiger partial charge in [-0.25, -0.2) is 13.4 Å². The third kappa shape index (κ3) is 6.33. The summed E-state index contributed by atoms with van der Waals surface area (Å²) in [6.07, 6.45) is 8.99. The van der Waals surface area contributed by atoms with Crippen LogP contribution in [0.3, 0.4) is 0 Å². The highest BCUT2D eigenvalue weighted by Gasteiger charge is 2.63. The number of amides is 1. The topological polar surface area (TPSA) is 112 Å². The van der Waals surface area contributed by atoms with E-state index in [4.69, 9.17) is 9.05 Å². The van der Waals surface area contributed by atoms with Crippen LogP contribution >= 0.6 is 7.60 Å². The number of hydrogen-bond donors (Lipinski definition) is 1. The van der Waals surface area contributed by atoms with Gasteiger partial charge in [-0.3, -0.25) is 9.36 Å². The third-order valence-electron chi connectivity index (χ3n) is 7.58. The molecule has 1 aromatic carbocycles. The standard InChI is InChI=1S/C27H37N2O6PS/c1-4-34-36(31,35-5-2)17-16-20-10-15-25(28-19-20)29-26(30)27(18-24(27)21-8-6-7-9-21)22-11-13-23(14-12-22)37(3,32)33/h10-15,19,21,24H,4-9,16-18H2,1-3H3,(H,28,29,30). The lowest BCUT2D eigenvalue weighted by Gasteiger charge is -2.21. The maximum absolute atomic E-state index is 13.7. The normalized spacial score (nSPS) is 22.2. The molecule has 0 saturated heterocycles. The van der Waals surface area contributed by atoms with Crippen LogP contribution in [0, 0.1) is 11.8 Å². The van der Waals surface area contributed by atoms with Gasteiger partial charge in [0.15, 0.2) is 9.84 Å². The van der Waals surface area contributed by atoms with Gasteiger partial charge in [0.1, 0.15) is 5.82 Å². The Morgan fingerprint density at radius 3 is 2.27 bits per heavy atom. The van der Waals surface area contributed by atoms with Gasteiger partial charge in [0.2, 0.25) is 5.91 Å². The third-order valence-corrected chi connectivity index (χ3v) is 10.8. The number of nitrogens with zero attached hydrogens (tertiary/aromatic N) is 1. The molecule has 1 heterocycles. The van der Waals surface area contributed by atoms with Gasteiger partial charge in [-0.2, -0.15) is 0 Å². The Bertz CT molecular complexity index is 1230. The Hall–Kier alpha value is -2.06. The predicted molar refractivity (Wildman–Crippen MR) is 144 cm³/mol. The smallest absolute Gasteiger partial charge is 0.310 e. The molecule has 2 unspecified atom stereocenters. The molecule has 2 saturated carbocycles. The van der Waals surface area contributed by atoms with Crippen molar-refractivity contribution >= 4 is 29.2 Å². The number of nitrogens with one attached hydrogen (secondary N) is 1. The number of aryl methyl sites for hydroxylation is 1. The number of aromatic nitrogens is 1. The van der Waals surface area contributed by atoms with Crippen molar-refractivity contribution in [3.8, 4) is 0 Å². The van der Waals surface area contributed by atoms with Gasteiger partial charge in [-0.15, -0.1) is 0 Å². The highest BCUT2D eigenvalue weighted by molar-refractivity contribution is 7.90. The van der Waals surface area contributed by atoms with E-state index in [1.807, 2.05) is 6.07 Å². The Balaban J connectivity index is 1.48. The number of anilines is 1. The van der Waals surface area contributed by atoms with Gasteiger partial charge in [0.25, 0.3) is 0 Å². The minimum absolute atomic E-state index is 0.103. The minimum Gasteiger partial charge on any atom is -0.310 e. The number of carbonyl (C=O) groups is 1. The van der Waals surface area contributed by atoms with E-state index < -0.39 is 22.8 Å². The molecule has 2 atom stereocenters. The monoisotopic (exact) mass is 548 g/mol. The first-order valence-electron chi connectivity index (χ1n) is 13.1. The Morgan fingerprint density at radius 2 is 1.73 bits per heavy atom. The fourth-order valence-electron chi connectivity index (χ4n) is 5.64. The van der Waals surface area contributed by atoms with E-state index in [1.165, 1.54) is 19.1 Å². The summed E-state index contributed by atoms with van der Waals surface area (Å²) in [6, 6.07) is 10.4. The number of carbonyl (C=O) groups excluding carboxylic acids is 1. The Morgan fingerprint density at radius 1 is 1.08 bits per heavy atom.